The average Bonchev–Trinajstić information content (AvgIpc) is 3.27. The van der Waals surface area contributed by atoms with Crippen LogP contribution >= 0.6 is 11.6 Å². The molecule has 0 saturated carbocycles. The first kappa shape index (κ1) is 23.9. The van der Waals surface area contributed by atoms with Gasteiger partial charge in [0, 0.05) is 30.6 Å². The van der Waals surface area contributed by atoms with Crippen molar-refractivity contribution in [3.63, 3.8) is 0 Å². The van der Waals surface area contributed by atoms with Crippen molar-refractivity contribution in [2.45, 2.75) is 19.9 Å². The lowest BCUT2D eigenvalue weighted by Crippen LogP contribution is -2.14. The summed E-state index contributed by atoms with van der Waals surface area (Å²) in [5.41, 5.74) is 7.16. The molecule has 0 spiro atoms. The molecular formula is C23H20ClFN6O4. The normalized spacial score (nSPS) is 13.0. The van der Waals surface area contributed by atoms with Gasteiger partial charge in [-0.1, -0.05) is 16.8 Å². The third-order valence-electron chi connectivity index (χ3n) is 5.29. The molecule has 0 saturated heterocycles. The van der Waals surface area contributed by atoms with E-state index in [9.17, 15) is 14.0 Å². The molecule has 3 aromatic heterocycles. The summed E-state index contributed by atoms with van der Waals surface area (Å²) in [6, 6.07) is 4.95. The number of hydrogen-bond acceptors (Lipinski definition) is 9. The average molecular weight is 499 g/mol. The SMILES string of the molecule is CN=C/C(=C\N)c1oc2c(C(C)Nc3ccc(Cl)nc3-c3noc(=O)[nH]3)cc(F)cc2c(=O)c1C. The Bertz CT molecular complexity index is 1600. The summed E-state index contributed by atoms with van der Waals surface area (Å²) >= 11 is 6.03. The number of aromatic nitrogens is 3. The maximum Gasteiger partial charge on any atom is 0.439 e. The third kappa shape index (κ3) is 4.58. The van der Waals surface area contributed by atoms with Gasteiger partial charge in [0.05, 0.1) is 22.7 Å². The van der Waals surface area contributed by atoms with E-state index in [-0.39, 0.29) is 39.0 Å². The maximum atomic E-state index is 14.6. The Labute approximate surface area is 202 Å². The molecule has 1 aromatic carbocycles. The second-order valence-electron chi connectivity index (χ2n) is 7.61. The number of rotatable bonds is 6. The van der Waals surface area contributed by atoms with Gasteiger partial charge >= 0.3 is 5.76 Å². The highest BCUT2D eigenvalue weighted by Crippen LogP contribution is 2.32. The van der Waals surface area contributed by atoms with Crippen LogP contribution in [-0.2, 0) is 0 Å². The van der Waals surface area contributed by atoms with Crippen molar-refractivity contribution >= 4 is 40.0 Å². The first-order chi connectivity index (χ1) is 16.7. The minimum Gasteiger partial charge on any atom is -0.455 e. The lowest BCUT2D eigenvalue weighted by Gasteiger charge is -2.19. The molecule has 1 atom stereocenters. The summed E-state index contributed by atoms with van der Waals surface area (Å²) in [4.78, 5) is 35.1. The number of benzene rings is 1. The number of pyridine rings is 1. The molecule has 12 heteroatoms. The van der Waals surface area contributed by atoms with Crippen molar-refractivity contribution in [2.24, 2.45) is 10.7 Å². The fourth-order valence-corrected chi connectivity index (χ4v) is 3.82. The molecule has 1 unspecified atom stereocenters. The molecule has 0 aliphatic heterocycles. The molecule has 4 aromatic rings. The highest BCUT2D eigenvalue weighted by molar-refractivity contribution is 6.29. The predicted molar refractivity (Wildman–Crippen MR) is 131 cm³/mol. The summed E-state index contributed by atoms with van der Waals surface area (Å²) in [7, 11) is 1.56. The number of hydrogen-bond donors (Lipinski definition) is 3. The lowest BCUT2D eigenvalue weighted by atomic mass is 10.0. The Morgan fingerprint density at radius 1 is 1.34 bits per heavy atom. The van der Waals surface area contributed by atoms with Crippen LogP contribution in [0.15, 0.2) is 54.0 Å². The van der Waals surface area contributed by atoms with E-state index in [0.717, 1.165) is 6.07 Å². The number of H-pyrrole nitrogens is 1. The highest BCUT2D eigenvalue weighted by Gasteiger charge is 2.22. The molecule has 180 valence electrons. The van der Waals surface area contributed by atoms with Gasteiger partial charge in [0.2, 0.25) is 5.82 Å². The van der Waals surface area contributed by atoms with Gasteiger partial charge < -0.3 is 15.5 Å². The fourth-order valence-electron chi connectivity index (χ4n) is 3.67. The van der Waals surface area contributed by atoms with E-state index in [1.54, 1.807) is 27.0 Å². The van der Waals surface area contributed by atoms with Crippen LogP contribution < -0.4 is 22.2 Å². The largest absolute Gasteiger partial charge is 0.455 e. The number of allylic oxidation sites excluding steroid dienone is 1. The predicted octanol–water partition coefficient (Wildman–Crippen LogP) is 3.81. The monoisotopic (exact) mass is 498 g/mol. The topological polar surface area (TPSA) is 152 Å². The van der Waals surface area contributed by atoms with Crippen molar-refractivity contribution in [1.29, 1.82) is 0 Å². The van der Waals surface area contributed by atoms with Gasteiger partial charge in [0.15, 0.2) is 5.43 Å². The Kier molecular flexibility index (Phi) is 6.52. The lowest BCUT2D eigenvalue weighted by molar-refractivity contribution is 0.388. The zero-order chi connectivity index (χ0) is 25.3. The number of nitrogens with one attached hydrogen (secondary N) is 2. The summed E-state index contributed by atoms with van der Waals surface area (Å²) in [6.07, 6.45) is 2.74. The van der Waals surface area contributed by atoms with Gasteiger partial charge in [-0.05, 0) is 38.1 Å². The van der Waals surface area contributed by atoms with E-state index in [2.05, 4.69) is 30.0 Å². The Morgan fingerprint density at radius 2 is 2.11 bits per heavy atom. The summed E-state index contributed by atoms with van der Waals surface area (Å²) in [5.74, 6) is -1.09. The number of fused-ring (bicyclic) bond motifs is 1. The first-order valence-electron chi connectivity index (χ1n) is 10.3. The molecule has 0 bridgehead atoms. The van der Waals surface area contributed by atoms with E-state index in [1.165, 1.54) is 24.5 Å². The molecule has 0 radical (unpaired) electrons. The van der Waals surface area contributed by atoms with Crippen LogP contribution in [0.5, 0.6) is 0 Å². The van der Waals surface area contributed by atoms with Gasteiger partial charge in [0.25, 0.3) is 0 Å². The van der Waals surface area contributed by atoms with E-state index in [4.69, 9.17) is 21.8 Å². The highest BCUT2D eigenvalue weighted by atomic mass is 35.5. The molecular weight excluding hydrogens is 479 g/mol. The van der Waals surface area contributed by atoms with Gasteiger partial charge in [-0.15, -0.1) is 0 Å². The van der Waals surface area contributed by atoms with Crippen molar-refractivity contribution in [3.05, 3.63) is 79.1 Å². The zero-order valence-electron chi connectivity index (χ0n) is 18.8. The second-order valence-corrected chi connectivity index (χ2v) is 7.99. The molecule has 0 aliphatic carbocycles. The van der Waals surface area contributed by atoms with Crippen LogP contribution in [0.25, 0.3) is 28.1 Å². The smallest absolute Gasteiger partial charge is 0.439 e. The van der Waals surface area contributed by atoms with E-state index >= 15 is 0 Å². The maximum absolute atomic E-state index is 14.6. The molecule has 0 aliphatic rings. The third-order valence-corrected chi connectivity index (χ3v) is 5.50. The van der Waals surface area contributed by atoms with Crippen LogP contribution in [0.2, 0.25) is 5.15 Å². The minimum atomic E-state index is -0.763. The zero-order valence-corrected chi connectivity index (χ0v) is 19.6. The van der Waals surface area contributed by atoms with Crippen molar-refractivity contribution < 1.29 is 13.3 Å². The Hall–Kier alpha value is -4.25. The van der Waals surface area contributed by atoms with Gasteiger partial charge in [-0.2, -0.15) is 0 Å². The molecule has 3 heterocycles. The van der Waals surface area contributed by atoms with Crippen LogP contribution in [-0.4, -0.2) is 28.4 Å². The molecule has 0 amide bonds. The standard InChI is InChI=1S/C23H20ClFN6O4/c1-10-19(32)15-7-13(25)6-14(21(15)34-20(10)12(8-26)9-27-3)11(2)28-16-4-5-17(24)29-18(16)22-30-23(33)35-31-22/h4-9,11,28H,26H2,1-3H3,(H,30,31,33)/b12-8+,27-9?. The van der Waals surface area contributed by atoms with Crippen molar-refractivity contribution in [3.8, 4) is 11.5 Å². The Morgan fingerprint density at radius 3 is 2.77 bits per heavy atom. The number of aromatic amines is 1. The number of anilines is 1. The molecule has 0 fully saturated rings. The first-order valence-corrected chi connectivity index (χ1v) is 10.7. The number of halogens is 2. The summed E-state index contributed by atoms with van der Waals surface area (Å²) in [6.45, 7) is 3.31. The van der Waals surface area contributed by atoms with E-state index in [1.807, 2.05) is 0 Å². The second kappa shape index (κ2) is 9.55. The molecule has 4 rings (SSSR count). The van der Waals surface area contributed by atoms with Crippen LogP contribution in [0, 0.1) is 12.7 Å². The van der Waals surface area contributed by atoms with Crippen molar-refractivity contribution in [1.82, 2.24) is 15.1 Å². The molecule has 4 N–H and O–H groups in total. The summed E-state index contributed by atoms with van der Waals surface area (Å²) < 4.78 is 25.3. The number of nitrogens with two attached hydrogens (primary N) is 1. The minimum absolute atomic E-state index is 0.0531. The van der Waals surface area contributed by atoms with E-state index in [0.29, 0.717) is 16.8 Å². The van der Waals surface area contributed by atoms with Crippen molar-refractivity contribution in [2.75, 3.05) is 12.4 Å². The van der Waals surface area contributed by atoms with Gasteiger partial charge in [-0.3, -0.25) is 19.3 Å². The quantitative estimate of drug-likeness (QED) is 0.268. The van der Waals surface area contributed by atoms with E-state index < -0.39 is 23.0 Å². The van der Waals surface area contributed by atoms with Crippen LogP contribution in [0.3, 0.4) is 0 Å². The van der Waals surface area contributed by atoms with Gasteiger partial charge in [-0.25, -0.2) is 14.2 Å². The Balaban J connectivity index is 1.87. The molecule has 35 heavy (non-hydrogen) atoms. The van der Waals surface area contributed by atoms with Gasteiger partial charge in [0.1, 0.15) is 28.0 Å². The molecule has 10 nitrogen and oxygen atoms in total. The number of aliphatic imine (C=N–C) groups is 1. The number of nitrogens with zero attached hydrogens (tertiary/aromatic N) is 3. The van der Waals surface area contributed by atoms with Crippen LogP contribution in [0.1, 0.15) is 29.9 Å². The fraction of sp³-hybridized carbons (Fsp3) is 0.174. The summed E-state index contributed by atoms with van der Waals surface area (Å²) in [5, 5.41) is 7.07. The van der Waals surface area contributed by atoms with Crippen LogP contribution in [0.4, 0.5) is 10.1 Å².